The molecule has 1 amide bonds. The van der Waals surface area contributed by atoms with Crippen molar-refractivity contribution < 1.29 is 14.3 Å². The molecule has 0 fully saturated rings. The van der Waals surface area contributed by atoms with Gasteiger partial charge >= 0.3 is 0 Å². The molecule has 86 valence electrons. The third-order valence-electron chi connectivity index (χ3n) is 2.08. The first kappa shape index (κ1) is 12.2. The molecule has 0 atom stereocenters. The number of carbonyl (C=O) groups excluding carboxylic acids is 2. The van der Waals surface area contributed by atoms with E-state index in [1.807, 2.05) is 0 Å². The molecule has 4 heteroatoms. The van der Waals surface area contributed by atoms with Crippen molar-refractivity contribution in [2.24, 2.45) is 0 Å². The molecule has 0 saturated carbocycles. The predicted octanol–water partition coefficient (Wildman–Crippen LogP) is 2.00. The van der Waals surface area contributed by atoms with Gasteiger partial charge < -0.3 is 14.8 Å². The van der Waals surface area contributed by atoms with Crippen molar-refractivity contribution in [1.29, 1.82) is 0 Å². The highest BCUT2D eigenvalue weighted by Gasteiger charge is 2.04. The van der Waals surface area contributed by atoms with Crippen LogP contribution in [0.1, 0.15) is 19.8 Å². The van der Waals surface area contributed by atoms with Crippen LogP contribution >= 0.6 is 0 Å². The van der Waals surface area contributed by atoms with Crippen LogP contribution in [-0.4, -0.2) is 18.8 Å². The Morgan fingerprint density at radius 1 is 1.19 bits per heavy atom. The molecule has 1 N–H and O–H groups in total. The standard InChI is InChI=1S/C12H15NO3/c1-9(14)3-8-12(15)13-10-4-6-11(16-2)7-5-10/h4-7H,3,8H2,1-2H3,(H,13,15). The van der Waals surface area contributed by atoms with Crippen LogP contribution < -0.4 is 10.1 Å². The van der Waals surface area contributed by atoms with Gasteiger partial charge in [-0.05, 0) is 31.2 Å². The minimum Gasteiger partial charge on any atom is -0.497 e. The summed E-state index contributed by atoms with van der Waals surface area (Å²) < 4.78 is 5.00. The van der Waals surface area contributed by atoms with Crippen LogP contribution in [-0.2, 0) is 9.59 Å². The number of ketones is 1. The van der Waals surface area contributed by atoms with Gasteiger partial charge in [-0.1, -0.05) is 0 Å². The zero-order chi connectivity index (χ0) is 12.0. The normalized spacial score (nSPS) is 9.62. The van der Waals surface area contributed by atoms with E-state index in [1.54, 1.807) is 31.4 Å². The summed E-state index contributed by atoms with van der Waals surface area (Å²) in [6, 6.07) is 7.04. The first-order valence-electron chi connectivity index (χ1n) is 5.05. The fourth-order valence-corrected chi connectivity index (χ4v) is 1.19. The van der Waals surface area contributed by atoms with Crippen LogP contribution in [0.15, 0.2) is 24.3 Å². The van der Waals surface area contributed by atoms with Crippen molar-refractivity contribution in [2.75, 3.05) is 12.4 Å². The van der Waals surface area contributed by atoms with E-state index in [0.717, 1.165) is 5.75 Å². The number of benzene rings is 1. The number of ether oxygens (including phenoxy) is 1. The van der Waals surface area contributed by atoms with Crippen molar-refractivity contribution in [1.82, 2.24) is 0 Å². The van der Waals surface area contributed by atoms with E-state index < -0.39 is 0 Å². The van der Waals surface area contributed by atoms with Crippen LogP contribution in [0.25, 0.3) is 0 Å². The number of hydrogen-bond donors (Lipinski definition) is 1. The number of amides is 1. The molecule has 0 radical (unpaired) electrons. The molecule has 1 aromatic carbocycles. The largest absolute Gasteiger partial charge is 0.497 e. The third-order valence-corrected chi connectivity index (χ3v) is 2.08. The zero-order valence-corrected chi connectivity index (χ0v) is 9.45. The van der Waals surface area contributed by atoms with E-state index in [2.05, 4.69) is 5.32 Å². The minimum atomic E-state index is -0.152. The highest BCUT2D eigenvalue weighted by molar-refractivity contribution is 5.93. The number of hydrogen-bond acceptors (Lipinski definition) is 3. The van der Waals surface area contributed by atoms with E-state index in [0.29, 0.717) is 5.69 Å². The first-order chi connectivity index (χ1) is 7.61. The van der Waals surface area contributed by atoms with Gasteiger partial charge in [-0.15, -0.1) is 0 Å². The Balaban J connectivity index is 2.46. The lowest BCUT2D eigenvalue weighted by Gasteiger charge is -2.05. The fourth-order valence-electron chi connectivity index (χ4n) is 1.19. The lowest BCUT2D eigenvalue weighted by Crippen LogP contribution is -2.12. The monoisotopic (exact) mass is 221 g/mol. The van der Waals surface area contributed by atoms with Crippen molar-refractivity contribution in [2.45, 2.75) is 19.8 Å². The third kappa shape index (κ3) is 4.13. The number of carbonyl (C=O) groups is 2. The molecule has 0 heterocycles. The van der Waals surface area contributed by atoms with Gasteiger partial charge in [0, 0.05) is 18.5 Å². The SMILES string of the molecule is COc1ccc(NC(=O)CCC(C)=O)cc1. The van der Waals surface area contributed by atoms with Gasteiger partial charge in [-0.3, -0.25) is 4.79 Å². The summed E-state index contributed by atoms with van der Waals surface area (Å²) in [6.07, 6.45) is 0.503. The van der Waals surface area contributed by atoms with Crippen LogP contribution in [0, 0.1) is 0 Å². The Labute approximate surface area is 94.6 Å². The summed E-state index contributed by atoms with van der Waals surface area (Å²) in [5, 5.41) is 2.70. The highest BCUT2D eigenvalue weighted by atomic mass is 16.5. The van der Waals surface area contributed by atoms with Crippen molar-refractivity contribution in [3.05, 3.63) is 24.3 Å². The molecule has 0 aliphatic heterocycles. The van der Waals surface area contributed by atoms with E-state index in [4.69, 9.17) is 4.74 Å². The summed E-state index contributed by atoms with van der Waals surface area (Å²) in [5.74, 6) is 0.604. The Bertz CT molecular complexity index is 370. The summed E-state index contributed by atoms with van der Waals surface area (Å²) >= 11 is 0. The van der Waals surface area contributed by atoms with Crippen LogP contribution in [0.5, 0.6) is 5.75 Å². The molecule has 4 nitrogen and oxygen atoms in total. The number of Topliss-reactive ketones (excluding diaryl/α,β-unsaturated/α-hetero) is 1. The van der Waals surface area contributed by atoms with Gasteiger partial charge in [0.2, 0.25) is 5.91 Å². The summed E-state index contributed by atoms with van der Waals surface area (Å²) in [7, 11) is 1.58. The lowest BCUT2D eigenvalue weighted by molar-refractivity contribution is -0.121. The maximum Gasteiger partial charge on any atom is 0.224 e. The minimum absolute atomic E-state index is 0.0184. The van der Waals surface area contributed by atoms with E-state index in [1.165, 1.54) is 6.92 Å². The van der Waals surface area contributed by atoms with Crippen LogP contribution in [0.4, 0.5) is 5.69 Å². The average Bonchev–Trinajstić information content (AvgIpc) is 2.27. The number of rotatable bonds is 5. The second-order valence-electron chi connectivity index (χ2n) is 3.48. The molecule has 0 aliphatic rings. The van der Waals surface area contributed by atoms with Crippen molar-refractivity contribution >= 4 is 17.4 Å². The maximum absolute atomic E-state index is 11.4. The van der Waals surface area contributed by atoms with E-state index in [-0.39, 0.29) is 24.5 Å². The number of nitrogens with one attached hydrogen (secondary N) is 1. The fraction of sp³-hybridized carbons (Fsp3) is 0.333. The smallest absolute Gasteiger partial charge is 0.224 e. The second kappa shape index (κ2) is 5.90. The van der Waals surface area contributed by atoms with E-state index >= 15 is 0 Å². The molecule has 16 heavy (non-hydrogen) atoms. The van der Waals surface area contributed by atoms with E-state index in [9.17, 15) is 9.59 Å². The Morgan fingerprint density at radius 3 is 2.31 bits per heavy atom. The maximum atomic E-state index is 11.4. The molecule has 0 bridgehead atoms. The molecule has 0 unspecified atom stereocenters. The summed E-state index contributed by atoms with van der Waals surface area (Å²) in [4.78, 5) is 22.1. The Kier molecular flexibility index (Phi) is 4.51. The van der Waals surface area contributed by atoms with Gasteiger partial charge in [0.05, 0.1) is 7.11 Å². The van der Waals surface area contributed by atoms with Crippen molar-refractivity contribution in [3.63, 3.8) is 0 Å². The van der Waals surface area contributed by atoms with Crippen molar-refractivity contribution in [3.8, 4) is 5.75 Å². The second-order valence-corrected chi connectivity index (χ2v) is 3.48. The summed E-state index contributed by atoms with van der Waals surface area (Å²) in [6.45, 7) is 1.47. The molecule has 0 spiro atoms. The molecule has 0 saturated heterocycles. The number of anilines is 1. The lowest BCUT2D eigenvalue weighted by atomic mass is 10.2. The van der Waals surface area contributed by atoms with Crippen LogP contribution in [0.2, 0.25) is 0 Å². The van der Waals surface area contributed by atoms with Gasteiger partial charge in [-0.25, -0.2) is 0 Å². The topological polar surface area (TPSA) is 55.4 Å². The molecule has 1 rings (SSSR count). The Morgan fingerprint density at radius 2 is 1.81 bits per heavy atom. The Hall–Kier alpha value is -1.84. The van der Waals surface area contributed by atoms with Gasteiger partial charge in [0.15, 0.2) is 0 Å². The molecule has 0 aliphatic carbocycles. The highest BCUT2D eigenvalue weighted by Crippen LogP contribution is 2.15. The number of methoxy groups -OCH3 is 1. The van der Waals surface area contributed by atoms with Gasteiger partial charge in [-0.2, -0.15) is 0 Å². The molecular weight excluding hydrogens is 206 g/mol. The van der Waals surface area contributed by atoms with Crippen LogP contribution in [0.3, 0.4) is 0 Å². The molecular formula is C12H15NO3. The zero-order valence-electron chi connectivity index (χ0n) is 9.45. The first-order valence-corrected chi connectivity index (χ1v) is 5.05. The van der Waals surface area contributed by atoms with Gasteiger partial charge in [0.25, 0.3) is 0 Å². The molecule has 1 aromatic rings. The predicted molar refractivity (Wildman–Crippen MR) is 61.5 cm³/mol. The molecule has 0 aromatic heterocycles. The quantitative estimate of drug-likeness (QED) is 0.827. The average molecular weight is 221 g/mol. The summed E-state index contributed by atoms with van der Waals surface area (Å²) in [5.41, 5.74) is 0.703. The van der Waals surface area contributed by atoms with Gasteiger partial charge in [0.1, 0.15) is 11.5 Å².